The molecule has 0 unspecified atom stereocenters. The van der Waals surface area contributed by atoms with Crippen LogP contribution >= 0.6 is 23.4 Å². The molecule has 0 aliphatic heterocycles. The van der Waals surface area contributed by atoms with Gasteiger partial charge in [0.15, 0.2) is 0 Å². The van der Waals surface area contributed by atoms with Crippen LogP contribution in [0.2, 0.25) is 5.02 Å². The van der Waals surface area contributed by atoms with E-state index in [0.717, 1.165) is 4.90 Å². The van der Waals surface area contributed by atoms with E-state index in [9.17, 15) is 9.59 Å². The fraction of sp³-hybridized carbons (Fsp3) is 0.467. The molecule has 2 rings (SSSR count). The number of carbonyl (C=O) groups excluding carboxylic acids is 1. The molecule has 0 bridgehead atoms. The zero-order valence-corrected chi connectivity index (χ0v) is 13.8. The molecule has 2 amide bonds. The molecule has 1 aliphatic rings. The molecule has 7 heteroatoms. The number of carboxylic acid groups (broad SMARTS) is 1. The van der Waals surface area contributed by atoms with Gasteiger partial charge in [-0.05, 0) is 50.1 Å². The maximum atomic E-state index is 12.1. The Hall–Kier alpha value is -1.40. The first kappa shape index (κ1) is 17.0. The lowest BCUT2D eigenvalue weighted by Gasteiger charge is -2.27. The highest BCUT2D eigenvalue weighted by atomic mass is 35.5. The normalized spacial score (nSPS) is 21.2. The molecule has 1 aliphatic carbocycles. The van der Waals surface area contributed by atoms with E-state index in [1.54, 1.807) is 12.1 Å². The summed E-state index contributed by atoms with van der Waals surface area (Å²) in [7, 11) is 0. The summed E-state index contributed by atoms with van der Waals surface area (Å²) in [5.74, 6) is -1.02. The Morgan fingerprint density at radius 1 is 1.27 bits per heavy atom. The maximum Gasteiger partial charge on any atom is 0.319 e. The number of hydrogen-bond acceptors (Lipinski definition) is 3. The lowest BCUT2D eigenvalue weighted by molar-refractivity contribution is -0.142. The third-order valence-corrected chi connectivity index (χ3v) is 4.85. The Bertz CT molecular complexity index is 560. The number of urea groups is 1. The summed E-state index contributed by atoms with van der Waals surface area (Å²) in [5, 5.41) is 15.2. The molecule has 5 nitrogen and oxygen atoms in total. The quantitative estimate of drug-likeness (QED) is 0.727. The van der Waals surface area contributed by atoms with Crippen LogP contribution in [0.4, 0.5) is 10.5 Å². The zero-order chi connectivity index (χ0) is 16.1. The lowest BCUT2D eigenvalue weighted by Crippen LogP contribution is -2.41. The number of halogens is 1. The van der Waals surface area contributed by atoms with Crippen LogP contribution in [0, 0.1) is 5.92 Å². The minimum atomic E-state index is -0.744. The number of carboxylic acids is 1. The molecule has 0 atom stereocenters. The lowest BCUT2D eigenvalue weighted by atomic mass is 9.86. The molecule has 1 aromatic carbocycles. The molecular formula is C15H19ClN2O3S. The number of benzene rings is 1. The van der Waals surface area contributed by atoms with Gasteiger partial charge < -0.3 is 15.7 Å². The molecule has 3 N–H and O–H groups in total. The number of hydrogen-bond donors (Lipinski definition) is 3. The fourth-order valence-corrected chi connectivity index (χ4v) is 3.31. The summed E-state index contributed by atoms with van der Waals surface area (Å²) in [4.78, 5) is 23.9. The van der Waals surface area contributed by atoms with E-state index in [4.69, 9.17) is 16.7 Å². The molecule has 0 heterocycles. The molecule has 1 fully saturated rings. The van der Waals surface area contributed by atoms with E-state index in [1.807, 2.05) is 12.3 Å². The number of nitrogens with one attached hydrogen (secondary N) is 2. The first-order valence-corrected chi connectivity index (χ1v) is 8.73. The molecule has 0 aromatic heterocycles. The van der Waals surface area contributed by atoms with Gasteiger partial charge >= 0.3 is 12.0 Å². The Labute approximate surface area is 138 Å². The Morgan fingerprint density at radius 3 is 2.55 bits per heavy atom. The molecule has 1 saturated carbocycles. The average molecular weight is 343 g/mol. The monoisotopic (exact) mass is 342 g/mol. The van der Waals surface area contributed by atoms with Crippen LogP contribution in [0.3, 0.4) is 0 Å². The van der Waals surface area contributed by atoms with Crippen molar-refractivity contribution in [1.29, 1.82) is 0 Å². The summed E-state index contributed by atoms with van der Waals surface area (Å²) < 4.78 is 0. The molecule has 0 spiro atoms. The van der Waals surface area contributed by atoms with Crippen molar-refractivity contribution in [2.75, 3.05) is 11.6 Å². The summed E-state index contributed by atoms with van der Waals surface area (Å²) >= 11 is 7.49. The molecular weight excluding hydrogens is 324 g/mol. The van der Waals surface area contributed by atoms with Gasteiger partial charge in [-0.1, -0.05) is 11.6 Å². The number of anilines is 1. The van der Waals surface area contributed by atoms with Crippen LogP contribution in [0.25, 0.3) is 0 Å². The highest BCUT2D eigenvalue weighted by Gasteiger charge is 2.26. The van der Waals surface area contributed by atoms with Crippen LogP contribution in [0.1, 0.15) is 25.7 Å². The zero-order valence-electron chi connectivity index (χ0n) is 12.3. The van der Waals surface area contributed by atoms with Crippen LogP contribution < -0.4 is 10.6 Å². The van der Waals surface area contributed by atoms with Gasteiger partial charge in [0.1, 0.15) is 0 Å². The smallest absolute Gasteiger partial charge is 0.319 e. The van der Waals surface area contributed by atoms with Gasteiger partial charge in [0.05, 0.1) is 11.6 Å². The molecule has 0 radical (unpaired) electrons. The van der Waals surface area contributed by atoms with Crippen molar-refractivity contribution in [2.24, 2.45) is 5.92 Å². The highest BCUT2D eigenvalue weighted by Crippen LogP contribution is 2.29. The first-order valence-electron chi connectivity index (χ1n) is 7.13. The number of carbonyl (C=O) groups is 2. The van der Waals surface area contributed by atoms with Gasteiger partial charge in [-0.2, -0.15) is 0 Å². The first-order chi connectivity index (χ1) is 10.5. The summed E-state index contributed by atoms with van der Waals surface area (Å²) in [5.41, 5.74) is 0.678. The van der Waals surface area contributed by atoms with Gasteiger partial charge in [0.25, 0.3) is 0 Å². The van der Waals surface area contributed by atoms with Crippen LogP contribution in [-0.4, -0.2) is 29.4 Å². The largest absolute Gasteiger partial charge is 0.481 e. The average Bonchev–Trinajstić information content (AvgIpc) is 2.48. The van der Waals surface area contributed by atoms with Crippen LogP contribution in [0.15, 0.2) is 23.1 Å². The van der Waals surface area contributed by atoms with Crippen molar-refractivity contribution < 1.29 is 14.7 Å². The van der Waals surface area contributed by atoms with E-state index in [1.165, 1.54) is 11.8 Å². The van der Waals surface area contributed by atoms with Gasteiger partial charge in [-0.15, -0.1) is 11.8 Å². The second-order valence-corrected chi connectivity index (χ2v) is 6.61. The molecule has 0 saturated heterocycles. The van der Waals surface area contributed by atoms with Crippen molar-refractivity contribution in [1.82, 2.24) is 5.32 Å². The Kier molecular flexibility index (Phi) is 5.97. The van der Waals surface area contributed by atoms with Crippen molar-refractivity contribution in [3.8, 4) is 0 Å². The van der Waals surface area contributed by atoms with Gasteiger partial charge in [0, 0.05) is 16.0 Å². The molecule has 22 heavy (non-hydrogen) atoms. The van der Waals surface area contributed by atoms with E-state index in [2.05, 4.69) is 10.6 Å². The second kappa shape index (κ2) is 7.74. The Balaban J connectivity index is 1.89. The molecule has 120 valence electrons. The summed E-state index contributed by atoms with van der Waals surface area (Å²) in [6.45, 7) is 0. The predicted octanol–water partition coefficient (Wildman–Crippen LogP) is 3.83. The van der Waals surface area contributed by atoms with Gasteiger partial charge in [-0.25, -0.2) is 4.79 Å². The summed E-state index contributed by atoms with van der Waals surface area (Å²) in [6, 6.07) is 5.10. The third kappa shape index (κ3) is 4.55. The van der Waals surface area contributed by atoms with Gasteiger partial charge in [0.2, 0.25) is 0 Å². The van der Waals surface area contributed by atoms with E-state index >= 15 is 0 Å². The van der Waals surface area contributed by atoms with Crippen molar-refractivity contribution in [3.63, 3.8) is 0 Å². The fourth-order valence-electron chi connectivity index (χ4n) is 2.61. The van der Waals surface area contributed by atoms with Crippen LogP contribution in [-0.2, 0) is 4.79 Å². The minimum Gasteiger partial charge on any atom is -0.481 e. The Morgan fingerprint density at radius 2 is 1.95 bits per heavy atom. The summed E-state index contributed by atoms with van der Waals surface area (Å²) in [6.07, 6.45) is 4.52. The number of aliphatic carboxylic acids is 1. The third-order valence-electron chi connectivity index (χ3n) is 3.82. The van der Waals surface area contributed by atoms with Crippen molar-refractivity contribution in [2.45, 2.75) is 36.6 Å². The second-order valence-electron chi connectivity index (χ2n) is 5.33. The maximum absolute atomic E-state index is 12.1. The standard InChI is InChI=1S/C15H19ClN2O3S/c1-22-13-7-4-10(16)8-12(13)18-15(21)17-11-5-2-9(3-6-11)14(19)20/h4,7-9,11H,2-3,5-6H2,1H3,(H,19,20)(H2,17,18,21). The van der Waals surface area contributed by atoms with E-state index in [0.29, 0.717) is 36.4 Å². The highest BCUT2D eigenvalue weighted by molar-refractivity contribution is 7.98. The SMILES string of the molecule is CSc1ccc(Cl)cc1NC(=O)NC1CCC(C(=O)O)CC1. The van der Waals surface area contributed by atoms with Crippen molar-refractivity contribution >= 4 is 41.1 Å². The van der Waals surface area contributed by atoms with Crippen molar-refractivity contribution in [3.05, 3.63) is 23.2 Å². The predicted molar refractivity (Wildman–Crippen MR) is 88.8 cm³/mol. The molecule has 1 aromatic rings. The number of thioether (sulfide) groups is 1. The van der Waals surface area contributed by atoms with E-state index in [-0.39, 0.29) is 18.0 Å². The minimum absolute atomic E-state index is 0.0208. The van der Waals surface area contributed by atoms with Gasteiger partial charge in [-0.3, -0.25) is 4.79 Å². The van der Waals surface area contributed by atoms with E-state index < -0.39 is 5.97 Å². The van der Waals surface area contributed by atoms with Crippen LogP contribution in [0.5, 0.6) is 0 Å². The number of amides is 2. The topological polar surface area (TPSA) is 78.4 Å². The number of rotatable bonds is 4.